The predicted molar refractivity (Wildman–Crippen MR) is 93.2 cm³/mol. The Morgan fingerprint density at radius 3 is 2.96 bits per heavy atom. The summed E-state index contributed by atoms with van der Waals surface area (Å²) in [6.45, 7) is 1.10. The summed E-state index contributed by atoms with van der Waals surface area (Å²) < 4.78 is 11.9. The summed E-state index contributed by atoms with van der Waals surface area (Å²) in [5.41, 5.74) is -1.73. The lowest BCUT2D eigenvalue weighted by molar-refractivity contribution is -0.144. The van der Waals surface area contributed by atoms with E-state index in [-0.39, 0.29) is 19.1 Å². The lowest BCUT2D eigenvalue weighted by Gasteiger charge is -2.30. The number of ether oxygens (including phenoxy) is 2. The molecule has 1 fully saturated rings. The number of hydrogen-bond donors (Lipinski definition) is 2. The predicted octanol–water partition coefficient (Wildman–Crippen LogP) is 0.567. The lowest BCUT2D eigenvalue weighted by atomic mass is 9.82. The van der Waals surface area contributed by atoms with E-state index in [2.05, 4.69) is 5.32 Å². The van der Waals surface area contributed by atoms with Gasteiger partial charge in [0.1, 0.15) is 18.8 Å². The van der Waals surface area contributed by atoms with E-state index in [1.807, 2.05) is 22.6 Å². The number of fused-ring (bicyclic) bond motifs is 1. The van der Waals surface area contributed by atoms with E-state index in [0.29, 0.717) is 0 Å². The fourth-order valence-electron chi connectivity index (χ4n) is 2.52. The van der Waals surface area contributed by atoms with Gasteiger partial charge in [0.25, 0.3) is 0 Å². The van der Waals surface area contributed by atoms with Crippen molar-refractivity contribution in [3.63, 3.8) is 0 Å². The molecule has 1 aliphatic carbocycles. The monoisotopic (exact) mass is 447 g/mol. The van der Waals surface area contributed by atoms with Crippen LogP contribution in [0.2, 0.25) is 0 Å². The number of allylic oxidation sites excluding steroid dienone is 2. The van der Waals surface area contributed by atoms with Gasteiger partial charge in [0.2, 0.25) is 5.91 Å². The molecule has 8 heteroatoms. The highest BCUT2D eigenvalue weighted by molar-refractivity contribution is 14.1. The van der Waals surface area contributed by atoms with Crippen LogP contribution in [0.4, 0.5) is 0 Å². The molecule has 1 saturated heterocycles. The van der Waals surface area contributed by atoms with Crippen LogP contribution in [0.5, 0.6) is 0 Å². The summed E-state index contributed by atoms with van der Waals surface area (Å²) in [6.07, 6.45) is 6.40. The van der Waals surface area contributed by atoms with E-state index in [1.165, 1.54) is 19.1 Å². The smallest absolute Gasteiger partial charge is 0.302 e. The second kappa shape index (κ2) is 8.04. The van der Waals surface area contributed by atoms with Crippen molar-refractivity contribution in [3.05, 3.63) is 34.5 Å². The van der Waals surface area contributed by atoms with Gasteiger partial charge in [0, 0.05) is 19.4 Å². The molecular formula is C16H18INO6. The van der Waals surface area contributed by atoms with Crippen LogP contribution in [0.3, 0.4) is 0 Å². The van der Waals surface area contributed by atoms with E-state index < -0.39 is 35.4 Å². The lowest BCUT2D eigenvalue weighted by Crippen LogP contribution is -2.52. The number of rotatable bonds is 7. The van der Waals surface area contributed by atoms with E-state index >= 15 is 0 Å². The molecule has 0 bridgehead atoms. The fourth-order valence-corrected chi connectivity index (χ4v) is 2.76. The summed E-state index contributed by atoms with van der Waals surface area (Å²) in [5, 5.41) is 13.3. The highest BCUT2D eigenvalue weighted by Gasteiger charge is 2.59. The number of epoxide rings is 1. The number of carbonyl (C=O) groups is 3. The van der Waals surface area contributed by atoms with Crippen LogP contribution in [-0.4, -0.2) is 53.2 Å². The van der Waals surface area contributed by atoms with Gasteiger partial charge in [0.05, 0.1) is 6.04 Å². The van der Waals surface area contributed by atoms with Crippen molar-refractivity contribution in [1.29, 1.82) is 0 Å². The van der Waals surface area contributed by atoms with E-state index in [1.54, 1.807) is 22.3 Å². The third-order valence-electron chi connectivity index (χ3n) is 3.68. The first-order chi connectivity index (χ1) is 11.4. The molecule has 0 saturated carbocycles. The minimum atomic E-state index is -1.73. The van der Waals surface area contributed by atoms with Gasteiger partial charge in [-0.25, -0.2) is 0 Å². The minimum absolute atomic E-state index is 0.105. The molecule has 130 valence electrons. The zero-order valence-corrected chi connectivity index (χ0v) is 15.1. The number of halogens is 1. The van der Waals surface area contributed by atoms with Gasteiger partial charge >= 0.3 is 5.97 Å². The zero-order valence-electron chi connectivity index (χ0n) is 13.0. The molecular weight excluding hydrogens is 429 g/mol. The number of ketones is 1. The summed E-state index contributed by atoms with van der Waals surface area (Å²) in [5.74, 6) is -1.41. The summed E-state index contributed by atoms with van der Waals surface area (Å²) >= 11 is 2.02. The number of carbonyl (C=O) groups excluding carboxylic acids is 3. The molecule has 2 rings (SSSR count). The molecule has 7 nitrogen and oxygen atoms in total. The minimum Gasteiger partial charge on any atom is -0.464 e. The van der Waals surface area contributed by atoms with Crippen molar-refractivity contribution in [2.75, 3.05) is 6.61 Å². The Morgan fingerprint density at radius 1 is 1.54 bits per heavy atom. The average Bonchev–Trinajstić information content (AvgIpc) is 3.30. The van der Waals surface area contributed by atoms with Crippen LogP contribution in [0.1, 0.15) is 13.3 Å². The Labute approximate surface area is 152 Å². The normalized spacial score (nSPS) is 29.5. The highest BCUT2D eigenvalue weighted by atomic mass is 127. The van der Waals surface area contributed by atoms with Crippen LogP contribution in [0.15, 0.2) is 34.5 Å². The Hall–Kier alpha value is -1.52. The summed E-state index contributed by atoms with van der Waals surface area (Å²) in [7, 11) is 0. The molecule has 0 aromatic rings. The van der Waals surface area contributed by atoms with Gasteiger partial charge < -0.3 is 19.9 Å². The molecule has 1 aliphatic heterocycles. The van der Waals surface area contributed by atoms with Crippen molar-refractivity contribution in [1.82, 2.24) is 5.32 Å². The van der Waals surface area contributed by atoms with E-state index in [4.69, 9.17) is 9.47 Å². The maximum Gasteiger partial charge on any atom is 0.302 e. The molecule has 0 aromatic heterocycles. The van der Waals surface area contributed by atoms with Gasteiger partial charge in [0.15, 0.2) is 11.4 Å². The van der Waals surface area contributed by atoms with E-state index in [9.17, 15) is 19.5 Å². The second-order valence-electron chi connectivity index (χ2n) is 5.56. The topological polar surface area (TPSA) is 105 Å². The van der Waals surface area contributed by atoms with Crippen LogP contribution in [0.25, 0.3) is 0 Å². The molecule has 1 heterocycles. The number of aliphatic hydroxyl groups is 1. The van der Waals surface area contributed by atoms with E-state index in [0.717, 1.165) is 0 Å². The SMILES string of the molecule is CC(=O)OC[C@H](C[C@@]1(O)C(=O)C=C[C@@H]2O[C@@H]21)NC(=O)/C=C/C=C/I. The van der Waals surface area contributed by atoms with Crippen molar-refractivity contribution in [2.45, 2.75) is 37.2 Å². The molecule has 0 spiro atoms. The quantitative estimate of drug-likeness (QED) is 0.194. The van der Waals surface area contributed by atoms with Gasteiger partial charge in [-0.2, -0.15) is 0 Å². The Balaban J connectivity index is 2.05. The van der Waals surface area contributed by atoms with Gasteiger partial charge in [-0.1, -0.05) is 34.7 Å². The number of nitrogens with one attached hydrogen (secondary N) is 1. The Kier molecular flexibility index (Phi) is 6.30. The molecule has 0 aromatic carbocycles. The molecule has 24 heavy (non-hydrogen) atoms. The molecule has 0 unspecified atom stereocenters. The molecule has 2 aliphatic rings. The molecule has 1 amide bonds. The molecule has 4 atom stereocenters. The first kappa shape index (κ1) is 18.8. The maximum absolute atomic E-state index is 12.1. The number of esters is 1. The van der Waals surface area contributed by atoms with Crippen molar-refractivity contribution >= 4 is 40.3 Å². The zero-order chi connectivity index (χ0) is 17.7. The Morgan fingerprint density at radius 2 is 2.29 bits per heavy atom. The highest BCUT2D eigenvalue weighted by Crippen LogP contribution is 2.40. The van der Waals surface area contributed by atoms with Crippen LogP contribution in [-0.2, 0) is 23.9 Å². The van der Waals surface area contributed by atoms with Crippen LogP contribution < -0.4 is 5.32 Å². The second-order valence-corrected chi connectivity index (χ2v) is 6.28. The van der Waals surface area contributed by atoms with Gasteiger partial charge in [-0.3, -0.25) is 14.4 Å². The van der Waals surface area contributed by atoms with Gasteiger partial charge in [-0.15, -0.1) is 0 Å². The maximum atomic E-state index is 12.1. The van der Waals surface area contributed by atoms with Crippen molar-refractivity contribution < 1.29 is 29.0 Å². The average molecular weight is 447 g/mol. The van der Waals surface area contributed by atoms with Crippen molar-refractivity contribution in [3.8, 4) is 0 Å². The van der Waals surface area contributed by atoms with Gasteiger partial charge in [-0.05, 0) is 16.2 Å². The van der Waals surface area contributed by atoms with Crippen LogP contribution in [0, 0.1) is 0 Å². The summed E-state index contributed by atoms with van der Waals surface area (Å²) in [4.78, 5) is 35.0. The molecule has 2 N–H and O–H groups in total. The Bertz CT molecular complexity index is 614. The first-order valence-electron chi connectivity index (χ1n) is 7.34. The third kappa shape index (κ3) is 4.74. The standard InChI is InChI=1S/C16H18INO6/c1-10(19)23-9-11(18-14(21)4-2-3-7-17)8-16(22)13(20)6-5-12-15(16)24-12/h2-7,11-12,15,22H,8-9H2,1H3,(H,18,21)/b4-2+,7-3+/t11-,12-,15-,16+/m0/s1. The third-order valence-corrected chi connectivity index (χ3v) is 4.10. The van der Waals surface area contributed by atoms with Crippen LogP contribution >= 0.6 is 22.6 Å². The largest absolute Gasteiger partial charge is 0.464 e. The van der Waals surface area contributed by atoms with Crippen molar-refractivity contribution in [2.24, 2.45) is 0 Å². The summed E-state index contributed by atoms with van der Waals surface area (Å²) in [6, 6.07) is -0.722. The number of amides is 1. The molecule has 0 radical (unpaired) electrons. The fraction of sp³-hybridized carbons (Fsp3) is 0.438. The number of hydrogen-bond acceptors (Lipinski definition) is 6. The first-order valence-corrected chi connectivity index (χ1v) is 8.59.